The number of carbonyl (C=O) groups excluding carboxylic acids is 1. The van der Waals surface area contributed by atoms with Gasteiger partial charge in [-0.1, -0.05) is 43.2 Å². The van der Waals surface area contributed by atoms with E-state index in [-0.39, 0.29) is 12.2 Å². The molecule has 1 aromatic rings. The molecule has 2 aliphatic rings. The normalized spacial score (nSPS) is 24.6. The van der Waals surface area contributed by atoms with Crippen molar-refractivity contribution in [2.45, 2.75) is 12.0 Å². The van der Waals surface area contributed by atoms with Crippen molar-refractivity contribution in [2.75, 3.05) is 31.1 Å². The molecule has 1 unspecified atom stereocenters. The van der Waals surface area contributed by atoms with Gasteiger partial charge in [0.05, 0.1) is 5.02 Å². The molecule has 0 aromatic carbocycles. The molecule has 0 amide bonds. The van der Waals surface area contributed by atoms with Gasteiger partial charge in [-0.2, -0.15) is 0 Å². The topological polar surface area (TPSA) is 71.2 Å². The predicted octanol–water partition coefficient (Wildman–Crippen LogP) is 4.43. The lowest BCUT2D eigenvalue weighted by molar-refractivity contribution is -0.113. The maximum absolute atomic E-state index is 12.3. The Morgan fingerprint density at radius 3 is 2.34 bits per heavy atom. The molecule has 1 atom stereocenters. The van der Waals surface area contributed by atoms with Crippen molar-refractivity contribution in [1.82, 2.24) is 10.3 Å². The first kappa shape index (κ1) is 23.9. The fourth-order valence-electron chi connectivity index (χ4n) is 2.57. The summed E-state index contributed by atoms with van der Waals surface area (Å²) in [6.07, 6.45) is 2.06. The lowest BCUT2D eigenvalue weighted by atomic mass is 9.94. The number of rotatable bonds is 3. The molecular formula is C16H20ClF5N4OS2. The van der Waals surface area contributed by atoms with Crippen LogP contribution in [0.5, 0.6) is 0 Å². The summed E-state index contributed by atoms with van der Waals surface area (Å²) in [4.78, 5) is 15.3. The van der Waals surface area contributed by atoms with Crippen molar-refractivity contribution in [3.63, 3.8) is 0 Å². The SMILES string of the molecule is Clc1cccnc1N1CCNCC1.NC1(C(=O)S)C=CC(S(F)(F)(F)(F)F)=CC1. The molecule has 0 bridgehead atoms. The van der Waals surface area contributed by atoms with Crippen molar-refractivity contribution >= 4 is 45.4 Å². The molecule has 5 nitrogen and oxygen atoms in total. The van der Waals surface area contributed by atoms with Gasteiger partial charge < -0.3 is 16.0 Å². The standard InChI is InChI=1S/C9H12ClN3.C7H8F5NOS2/c10-8-2-1-3-12-9(8)13-6-4-11-5-7-13;8-16(9,10,11,12)5-1-3-7(13,4-2-5)6(14)15/h1-3,11H,4-7H2;1-3H,4,13H2,(H,14,15). The zero-order chi connectivity index (χ0) is 22.0. The second kappa shape index (κ2) is 7.73. The number of aromatic nitrogens is 1. The predicted molar refractivity (Wildman–Crippen MR) is 110 cm³/mol. The van der Waals surface area contributed by atoms with Crippen molar-refractivity contribution in [3.05, 3.63) is 46.5 Å². The van der Waals surface area contributed by atoms with E-state index in [2.05, 4.69) is 27.8 Å². The van der Waals surface area contributed by atoms with E-state index >= 15 is 0 Å². The first-order chi connectivity index (χ1) is 13.1. The number of hydrogen-bond donors (Lipinski definition) is 3. The van der Waals surface area contributed by atoms with Gasteiger partial charge in [-0.15, -0.1) is 12.6 Å². The maximum atomic E-state index is 12.3. The first-order valence-electron chi connectivity index (χ1n) is 8.34. The van der Waals surface area contributed by atoms with E-state index in [0.717, 1.165) is 37.0 Å². The zero-order valence-corrected chi connectivity index (χ0v) is 17.5. The van der Waals surface area contributed by atoms with Crippen LogP contribution in [0, 0.1) is 0 Å². The Hall–Kier alpha value is -1.34. The van der Waals surface area contributed by atoms with Crippen LogP contribution in [0.3, 0.4) is 0 Å². The summed E-state index contributed by atoms with van der Waals surface area (Å²) < 4.78 is 61.4. The van der Waals surface area contributed by atoms with Crippen LogP contribution in [-0.4, -0.2) is 41.8 Å². The molecule has 3 rings (SSSR count). The van der Waals surface area contributed by atoms with Gasteiger partial charge in [-0.05, 0) is 24.6 Å². The van der Waals surface area contributed by atoms with Gasteiger partial charge in [0.25, 0.3) is 0 Å². The van der Waals surface area contributed by atoms with Crippen LogP contribution in [-0.2, 0) is 4.79 Å². The fourth-order valence-corrected chi connectivity index (χ4v) is 3.70. The number of pyridine rings is 1. The van der Waals surface area contributed by atoms with E-state index in [4.69, 9.17) is 17.3 Å². The van der Waals surface area contributed by atoms with E-state index in [1.165, 1.54) is 0 Å². The average Bonchev–Trinajstić information content (AvgIpc) is 2.62. The van der Waals surface area contributed by atoms with E-state index in [9.17, 15) is 24.2 Å². The Morgan fingerprint density at radius 1 is 1.28 bits per heavy atom. The maximum Gasteiger partial charge on any atom is 0.310 e. The van der Waals surface area contributed by atoms with E-state index in [1.807, 2.05) is 12.1 Å². The number of halogens is 6. The van der Waals surface area contributed by atoms with Gasteiger partial charge in [0, 0.05) is 32.4 Å². The number of piperazine rings is 1. The molecule has 0 saturated carbocycles. The minimum Gasteiger partial charge on any atom is -0.353 e. The molecule has 29 heavy (non-hydrogen) atoms. The molecule has 2 heterocycles. The summed E-state index contributed by atoms with van der Waals surface area (Å²) in [5.74, 6) is 0.908. The molecule has 3 N–H and O–H groups in total. The molecule has 0 spiro atoms. The molecule has 13 heteroatoms. The fraction of sp³-hybridized carbons (Fsp3) is 0.375. The molecular weight excluding hydrogens is 459 g/mol. The van der Waals surface area contributed by atoms with Gasteiger partial charge in [-0.25, -0.2) is 4.98 Å². The highest BCUT2D eigenvalue weighted by molar-refractivity contribution is 8.48. The first-order valence-corrected chi connectivity index (χ1v) is 11.1. The molecule has 0 radical (unpaired) electrons. The summed E-state index contributed by atoms with van der Waals surface area (Å²) in [5.41, 5.74) is 3.58. The summed E-state index contributed by atoms with van der Waals surface area (Å²) >= 11 is 9.40. The van der Waals surface area contributed by atoms with Crippen molar-refractivity contribution < 1.29 is 24.2 Å². The minimum atomic E-state index is -9.67. The van der Waals surface area contributed by atoms with Gasteiger partial charge in [-0.3, -0.25) is 4.79 Å². The number of hydrogen-bond acceptors (Lipinski definition) is 5. The molecule has 1 fully saturated rings. The second-order valence-electron chi connectivity index (χ2n) is 6.50. The summed E-state index contributed by atoms with van der Waals surface area (Å²) in [5, 5.41) is 3.14. The van der Waals surface area contributed by atoms with Crippen LogP contribution in [0.25, 0.3) is 0 Å². The third-order valence-corrected chi connectivity index (χ3v) is 6.09. The Bertz CT molecular complexity index is 844. The van der Waals surface area contributed by atoms with Crippen LogP contribution in [0.15, 0.2) is 41.5 Å². The smallest absolute Gasteiger partial charge is 0.310 e. The molecule has 1 aliphatic heterocycles. The number of anilines is 1. The Labute approximate surface area is 175 Å². The van der Waals surface area contributed by atoms with Gasteiger partial charge in [0.2, 0.25) is 5.12 Å². The quantitative estimate of drug-likeness (QED) is 0.443. The average molecular weight is 479 g/mol. The summed E-state index contributed by atoms with van der Waals surface area (Å²) in [7, 11) is -9.67. The Balaban J connectivity index is 0.000000211. The highest BCUT2D eigenvalue weighted by atomic mass is 35.5. The summed E-state index contributed by atoms with van der Waals surface area (Å²) in [6, 6.07) is 3.74. The second-order valence-corrected chi connectivity index (χ2v) is 9.73. The highest BCUT2D eigenvalue weighted by Crippen LogP contribution is 3.02. The Morgan fingerprint density at radius 2 is 1.90 bits per heavy atom. The van der Waals surface area contributed by atoms with Crippen molar-refractivity contribution in [1.29, 1.82) is 0 Å². The monoisotopic (exact) mass is 478 g/mol. The molecule has 1 aliphatic carbocycles. The number of allylic oxidation sites excluding steroid dienone is 1. The largest absolute Gasteiger partial charge is 0.353 e. The number of carbonyl (C=O) groups is 1. The van der Waals surface area contributed by atoms with Crippen LogP contribution in [0.2, 0.25) is 5.02 Å². The van der Waals surface area contributed by atoms with E-state index in [0.29, 0.717) is 6.08 Å². The van der Waals surface area contributed by atoms with E-state index in [1.54, 1.807) is 6.20 Å². The molecule has 1 aromatic heterocycles. The van der Waals surface area contributed by atoms with Crippen molar-refractivity contribution in [3.8, 4) is 0 Å². The lowest BCUT2D eigenvalue weighted by Crippen LogP contribution is -2.44. The van der Waals surface area contributed by atoms with Crippen LogP contribution >= 0.6 is 34.5 Å². The Kier molecular flexibility index (Phi) is 6.38. The van der Waals surface area contributed by atoms with E-state index < -0.39 is 32.2 Å². The zero-order valence-electron chi connectivity index (χ0n) is 15.0. The minimum absolute atomic E-state index is 0.124. The van der Waals surface area contributed by atoms with Crippen molar-refractivity contribution in [2.24, 2.45) is 5.73 Å². The van der Waals surface area contributed by atoms with Gasteiger partial charge >= 0.3 is 10.2 Å². The number of nitrogens with one attached hydrogen (secondary N) is 1. The van der Waals surface area contributed by atoms with Crippen LogP contribution in [0.1, 0.15) is 6.42 Å². The highest BCUT2D eigenvalue weighted by Gasteiger charge is 2.66. The third-order valence-electron chi connectivity index (χ3n) is 4.19. The number of nitrogens with two attached hydrogens (primary N) is 1. The molecule has 164 valence electrons. The van der Waals surface area contributed by atoms with Crippen LogP contribution < -0.4 is 16.0 Å². The number of nitrogens with zero attached hydrogens (tertiary/aromatic N) is 2. The number of thiol groups is 1. The lowest BCUT2D eigenvalue weighted by Gasteiger charge is -2.43. The van der Waals surface area contributed by atoms with Gasteiger partial charge in [0.15, 0.2) is 0 Å². The molecule has 1 saturated heterocycles. The van der Waals surface area contributed by atoms with Gasteiger partial charge in [0.1, 0.15) is 16.3 Å². The van der Waals surface area contributed by atoms with Crippen LogP contribution in [0.4, 0.5) is 25.2 Å². The third kappa shape index (κ3) is 6.57. The summed E-state index contributed by atoms with van der Waals surface area (Å²) in [6.45, 7) is 3.98.